The molecule has 1 N–H and O–H groups in total. The number of phenols is 1. The van der Waals surface area contributed by atoms with Gasteiger partial charge in [0.1, 0.15) is 5.75 Å². The molecule has 2 aromatic carbocycles. The van der Waals surface area contributed by atoms with Crippen molar-refractivity contribution in [2.24, 2.45) is 0 Å². The summed E-state index contributed by atoms with van der Waals surface area (Å²) < 4.78 is 0. The molecule has 0 saturated heterocycles. The van der Waals surface area contributed by atoms with E-state index in [2.05, 4.69) is 4.90 Å². The Bertz CT molecular complexity index is 753. The highest BCUT2D eigenvalue weighted by atomic mass is 16.3. The first-order valence-corrected chi connectivity index (χ1v) is 7.62. The molecule has 1 amide bonds. The Morgan fingerprint density at radius 3 is 2.59 bits per heavy atom. The first-order chi connectivity index (χ1) is 10.6. The summed E-state index contributed by atoms with van der Waals surface area (Å²) in [6, 6.07) is 13.5. The number of amides is 1. The van der Waals surface area contributed by atoms with E-state index < -0.39 is 0 Å². The average Bonchev–Trinajstić information content (AvgIpc) is 3.34. The van der Waals surface area contributed by atoms with Crippen LogP contribution in [0.3, 0.4) is 0 Å². The molecule has 4 rings (SSSR count). The lowest BCUT2D eigenvalue weighted by Crippen LogP contribution is -2.48. The van der Waals surface area contributed by atoms with E-state index in [1.165, 1.54) is 0 Å². The molecule has 1 saturated carbocycles. The van der Waals surface area contributed by atoms with E-state index in [9.17, 15) is 9.90 Å². The maximum absolute atomic E-state index is 12.9. The molecule has 0 unspecified atom stereocenters. The van der Waals surface area contributed by atoms with Crippen LogP contribution in [0.5, 0.6) is 5.75 Å². The summed E-state index contributed by atoms with van der Waals surface area (Å²) in [7, 11) is 0. The number of benzene rings is 2. The molecule has 2 aromatic rings. The summed E-state index contributed by atoms with van der Waals surface area (Å²) in [6.07, 6.45) is 2.33. The zero-order valence-corrected chi connectivity index (χ0v) is 12.5. The lowest BCUT2D eigenvalue weighted by Gasteiger charge is -2.38. The van der Waals surface area contributed by atoms with Crippen LogP contribution in [-0.4, -0.2) is 23.7 Å². The van der Waals surface area contributed by atoms with Crippen molar-refractivity contribution < 1.29 is 9.90 Å². The number of aromatic hydroxyl groups is 1. The third-order valence-corrected chi connectivity index (χ3v) is 4.45. The molecule has 112 valence electrons. The van der Waals surface area contributed by atoms with Gasteiger partial charge in [0.2, 0.25) is 0 Å². The van der Waals surface area contributed by atoms with Gasteiger partial charge in [-0.2, -0.15) is 0 Å². The summed E-state index contributed by atoms with van der Waals surface area (Å²) in [5.74, 6) is 0.0894. The number of rotatable bonds is 2. The molecule has 22 heavy (non-hydrogen) atoms. The van der Waals surface area contributed by atoms with E-state index in [1.54, 1.807) is 12.1 Å². The van der Waals surface area contributed by atoms with E-state index >= 15 is 0 Å². The fourth-order valence-corrected chi connectivity index (χ4v) is 3.13. The van der Waals surface area contributed by atoms with Crippen molar-refractivity contribution in [3.8, 4) is 5.75 Å². The third kappa shape index (κ3) is 2.03. The molecule has 1 aliphatic heterocycles. The molecule has 0 aromatic heterocycles. The van der Waals surface area contributed by atoms with Crippen molar-refractivity contribution >= 4 is 17.3 Å². The third-order valence-electron chi connectivity index (χ3n) is 4.45. The lowest BCUT2D eigenvalue weighted by molar-refractivity contribution is 0.0981. The number of phenolic OH excluding ortho intramolecular Hbond substituents is 1. The van der Waals surface area contributed by atoms with Crippen LogP contribution in [0.15, 0.2) is 42.5 Å². The second-order valence-corrected chi connectivity index (χ2v) is 6.06. The molecule has 1 aliphatic carbocycles. The molecule has 1 fully saturated rings. The van der Waals surface area contributed by atoms with Gasteiger partial charge in [0.05, 0.1) is 17.9 Å². The van der Waals surface area contributed by atoms with Gasteiger partial charge in [0.25, 0.3) is 5.91 Å². The fraction of sp³-hybridized carbons (Fsp3) is 0.278. The number of anilines is 2. The van der Waals surface area contributed by atoms with E-state index in [-0.39, 0.29) is 11.7 Å². The average molecular weight is 294 g/mol. The van der Waals surface area contributed by atoms with Crippen LogP contribution >= 0.6 is 0 Å². The van der Waals surface area contributed by atoms with Crippen molar-refractivity contribution in [2.75, 3.05) is 16.5 Å². The molecule has 1 heterocycles. The van der Waals surface area contributed by atoms with Crippen LogP contribution < -0.4 is 9.80 Å². The number of hydrogen-bond donors (Lipinski definition) is 1. The van der Waals surface area contributed by atoms with Crippen LogP contribution in [0.25, 0.3) is 0 Å². The number of carbonyl (C=O) groups excluding carboxylic acids is 1. The van der Waals surface area contributed by atoms with Gasteiger partial charge in [-0.25, -0.2) is 0 Å². The highest BCUT2D eigenvalue weighted by Gasteiger charge is 2.38. The number of aryl methyl sites for hydroxylation is 1. The number of nitrogens with zero attached hydrogens (tertiary/aromatic N) is 2. The SMILES string of the molecule is Cc1ccccc1N1CN(C2CC2)c2ccc(O)cc2C1=O. The standard InChI is InChI=1S/C18H18N2O2/c1-12-4-2-3-5-16(12)20-11-19(13-6-7-13)17-9-8-14(21)10-15(17)18(20)22/h2-5,8-10,13,21H,6-7,11H2,1H3. The van der Waals surface area contributed by atoms with Crippen molar-refractivity contribution in [2.45, 2.75) is 25.8 Å². The van der Waals surface area contributed by atoms with Gasteiger partial charge < -0.3 is 10.0 Å². The van der Waals surface area contributed by atoms with Crippen LogP contribution in [0.2, 0.25) is 0 Å². The van der Waals surface area contributed by atoms with Gasteiger partial charge in [-0.1, -0.05) is 18.2 Å². The number of hydrogen-bond acceptors (Lipinski definition) is 3. The van der Waals surface area contributed by atoms with Gasteiger partial charge in [0, 0.05) is 11.7 Å². The van der Waals surface area contributed by atoms with Crippen molar-refractivity contribution in [3.63, 3.8) is 0 Å². The van der Waals surface area contributed by atoms with Crippen LogP contribution in [0.1, 0.15) is 28.8 Å². The Labute approximate surface area is 129 Å². The Morgan fingerprint density at radius 2 is 1.86 bits per heavy atom. The van der Waals surface area contributed by atoms with Gasteiger partial charge in [0.15, 0.2) is 0 Å². The first kappa shape index (κ1) is 13.2. The second kappa shape index (κ2) is 4.77. The van der Waals surface area contributed by atoms with E-state index in [0.717, 1.165) is 29.8 Å². The van der Waals surface area contributed by atoms with Gasteiger partial charge in [-0.15, -0.1) is 0 Å². The molecule has 2 aliphatic rings. The van der Waals surface area contributed by atoms with Crippen LogP contribution in [-0.2, 0) is 0 Å². The smallest absolute Gasteiger partial charge is 0.262 e. The lowest BCUT2D eigenvalue weighted by atomic mass is 10.1. The monoisotopic (exact) mass is 294 g/mol. The minimum Gasteiger partial charge on any atom is -0.508 e. The Balaban J connectivity index is 1.83. The van der Waals surface area contributed by atoms with Gasteiger partial charge in [-0.3, -0.25) is 9.69 Å². The molecular weight excluding hydrogens is 276 g/mol. The van der Waals surface area contributed by atoms with Gasteiger partial charge >= 0.3 is 0 Å². The normalized spacial score (nSPS) is 17.6. The first-order valence-electron chi connectivity index (χ1n) is 7.62. The largest absolute Gasteiger partial charge is 0.508 e. The summed E-state index contributed by atoms with van der Waals surface area (Å²) in [5, 5.41) is 9.77. The topological polar surface area (TPSA) is 43.8 Å². The Kier molecular flexibility index (Phi) is 2.86. The van der Waals surface area contributed by atoms with E-state index in [4.69, 9.17) is 0 Å². The van der Waals surface area contributed by atoms with Crippen molar-refractivity contribution in [1.82, 2.24) is 0 Å². The van der Waals surface area contributed by atoms with E-state index in [1.807, 2.05) is 42.2 Å². The summed E-state index contributed by atoms with van der Waals surface area (Å²) in [5.41, 5.74) is 3.54. The molecule has 0 radical (unpaired) electrons. The highest BCUT2D eigenvalue weighted by molar-refractivity contribution is 6.12. The summed E-state index contributed by atoms with van der Waals surface area (Å²) in [4.78, 5) is 17.0. The number of carbonyl (C=O) groups is 1. The highest BCUT2D eigenvalue weighted by Crippen LogP contribution is 2.39. The quantitative estimate of drug-likeness (QED) is 0.924. The summed E-state index contributed by atoms with van der Waals surface area (Å²) in [6.45, 7) is 2.59. The maximum Gasteiger partial charge on any atom is 0.262 e. The van der Waals surface area contributed by atoms with Crippen LogP contribution in [0.4, 0.5) is 11.4 Å². The van der Waals surface area contributed by atoms with Crippen LogP contribution in [0, 0.1) is 6.92 Å². The molecule has 0 bridgehead atoms. The minimum atomic E-state index is -0.0444. The zero-order chi connectivity index (χ0) is 15.3. The van der Waals surface area contributed by atoms with E-state index in [0.29, 0.717) is 18.3 Å². The number of para-hydroxylation sites is 1. The molecular formula is C18H18N2O2. The number of fused-ring (bicyclic) bond motifs is 1. The second-order valence-electron chi connectivity index (χ2n) is 6.06. The van der Waals surface area contributed by atoms with Gasteiger partial charge in [-0.05, 0) is 49.6 Å². The molecule has 0 atom stereocenters. The summed E-state index contributed by atoms with van der Waals surface area (Å²) >= 11 is 0. The predicted octanol–water partition coefficient (Wildman–Crippen LogP) is 3.29. The maximum atomic E-state index is 12.9. The predicted molar refractivity (Wildman–Crippen MR) is 86.5 cm³/mol. The molecule has 4 heteroatoms. The minimum absolute atomic E-state index is 0.0444. The van der Waals surface area contributed by atoms with Crippen molar-refractivity contribution in [1.29, 1.82) is 0 Å². The molecule has 4 nitrogen and oxygen atoms in total. The zero-order valence-electron chi connectivity index (χ0n) is 12.5. The Morgan fingerprint density at radius 1 is 1.09 bits per heavy atom. The molecule has 0 spiro atoms. The van der Waals surface area contributed by atoms with Crippen molar-refractivity contribution in [3.05, 3.63) is 53.6 Å². The Hall–Kier alpha value is -2.49. The fourth-order valence-electron chi connectivity index (χ4n) is 3.13.